The molecule has 0 spiro atoms. The van der Waals surface area contributed by atoms with Crippen LogP contribution in [0.3, 0.4) is 0 Å². The highest BCUT2D eigenvalue weighted by molar-refractivity contribution is 5.21. The molecule has 6 rings (SSSR count). The van der Waals surface area contributed by atoms with E-state index in [2.05, 4.69) is 13.8 Å². The third kappa shape index (κ3) is 3.97. The quantitative estimate of drug-likeness (QED) is 0.352. The molecule has 0 aliphatic heterocycles. The van der Waals surface area contributed by atoms with Gasteiger partial charge in [0.15, 0.2) is 0 Å². The van der Waals surface area contributed by atoms with Gasteiger partial charge in [-0.15, -0.1) is 0 Å². The van der Waals surface area contributed by atoms with E-state index >= 15 is 17.6 Å². The van der Waals surface area contributed by atoms with E-state index in [0.29, 0.717) is 24.7 Å². The van der Waals surface area contributed by atoms with Gasteiger partial charge < -0.3 is 4.74 Å². The maximum Gasteiger partial charge on any atom is 0.338 e. The molecular weight excluding hydrogens is 440 g/mol. The molecule has 2 bridgehead atoms. The Morgan fingerprint density at radius 2 is 1.06 bits per heavy atom. The maximum absolute atomic E-state index is 15.8. The van der Waals surface area contributed by atoms with Crippen molar-refractivity contribution in [2.45, 2.75) is 134 Å². The monoisotopic (exact) mass is 486 g/mol. The van der Waals surface area contributed by atoms with Crippen LogP contribution in [0.4, 0.5) is 17.6 Å². The van der Waals surface area contributed by atoms with Gasteiger partial charge in [-0.1, -0.05) is 39.5 Å². The van der Waals surface area contributed by atoms with Gasteiger partial charge in [-0.3, -0.25) is 0 Å². The predicted molar refractivity (Wildman–Crippen MR) is 127 cm³/mol. The van der Waals surface area contributed by atoms with Crippen molar-refractivity contribution in [3.8, 4) is 0 Å². The van der Waals surface area contributed by atoms with Crippen molar-refractivity contribution in [3.63, 3.8) is 0 Å². The lowest BCUT2D eigenvalue weighted by atomic mass is 9.48. The van der Waals surface area contributed by atoms with E-state index in [9.17, 15) is 0 Å². The number of ether oxygens (including phenoxy) is 1. The third-order valence-corrected chi connectivity index (χ3v) is 11.6. The van der Waals surface area contributed by atoms with Crippen molar-refractivity contribution in [2.24, 2.45) is 40.9 Å². The zero-order valence-corrected chi connectivity index (χ0v) is 21.4. The number of alkyl halides is 4. The topological polar surface area (TPSA) is 9.23 Å². The Labute approximate surface area is 204 Å². The Morgan fingerprint density at radius 3 is 1.59 bits per heavy atom. The number of hydrogen-bond acceptors (Lipinski definition) is 1. The van der Waals surface area contributed by atoms with E-state index in [0.717, 1.165) is 50.4 Å². The molecule has 0 amide bonds. The van der Waals surface area contributed by atoms with Crippen LogP contribution in [-0.4, -0.2) is 24.1 Å². The van der Waals surface area contributed by atoms with E-state index in [1.165, 1.54) is 25.7 Å². The highest BCUT2D eigenvalue weighted by atomic mass is 19.3. The van der Waals surface area contributed by atoms with Crippen molar-refractivity contribution < 1.29 is 22.3 Å². The number of hydrogen-bond donors (Lipinski definition) is 0. The molecule has 196 valence electrons. The fourth-order valence-corrected chi connectivity index (χ4v) is 8.90. The van der Waals surface area contributed by atoms with Crippen molar-refractivity contribution in [1.29, 1.82) is 0 Å². The summed E-state index contributed by atoms with van der Waals surface area (Å²) in [4.78, 5) is 0. The van der Waals surface area contributed by atoms with Crippen LogP contribution in [0.25, 0.3) is 0 Å². The second kappa shape index (κ2) is 9.21. The first-order valence-electron chi connectivity index (χ1n) is 14.5. The van der Waals surface area contributed by atoms with Crippen molar-refractivity contribution in [1.82, 2.24) is 0 Å². The second-order valence-corrected chi connectivity index (χ2v) is 13.4. The molecule has 0 aromatic carbocycles. The fourth-order valence-electron chi connectivity index (χ4n) is 8.90. The molecule has 0 aromatic heterocycles. The molecule has 0 aromatic rings. The first-order valence-corrected chi connectivity index (χ1v) is 14.5. The van der Waals surface area contributed by atoms with Gasteiger partial charge in [-0.25, -0.2) is 0 Å². The summed E-state index contributed by atoms with van der Waals surface area (Å²) in [5.74, 6) is -5.28. The highest BCUT2D eigenvalue weighted by Crippen LogP contribution is 2.71. The molecule has 34 heavy (non-hydrogen) atoms. The summed E-state index contributed by atoms with van der Waals surface area (Å²) < 4.78 is 68.9. The van der Waals surface area contributed by atoms with E-state index < -0.39 is 22.9 Å². The summed E-state index contributed by atoms with van der Waals surface area (Å²) in [5.41, 5.74) is -3.49. The van der Waals surface area contributed by atoms with Gasteiger partial charge >= 0.3 is 11.8 Å². The molecule has 0 heterocycles. The van der Waals surface area contributed by atoms with Gasteiger partial charge in [0.2, 0.25) is 0 Å². The summed E-state index contributed by atoms with van der Waals surface area (Å²) in [5, 5.41) is 0. The van der Waals surface area contributed by atoms with Gasteiger partial charge in [0.1, 0.15) is 5.60 Å². The SMILES string of the molecule is CC1CCC(COC23CCC(C4CCC(C5CCC(C)CC5)CC4)(CC2)C(F)(F)C3(F)F)CC1. The van der Waals surface area contributed by atoms with Crippen molar-refractivity contribution >= 4 is 0 Å². The second-order valence-electron chi connectivity index (χ2n) is 13.4. The number of halogens is 4. The standard InChI is InChI=1S/C29H46F4O/c1-20-3-7-22(8-4-20)19-34-27-17-15-26(16-18-27,28(30,31)29(27,32)33)25-13-11-24(12-14-25)23-9-5-21(2)6-10-23/h20-25H,3-19H2,1-2H3. The summed E-state index contributed by atoms with van der Waals surface area (Å²) in [6.45, 7) is 4.76. The predicted octanol–water partition coefficient (Wildman–Crippen LogP) is 9.05. The lowest BCUT2D eigenvalue weighted by Gasteiger charge is -2.63. The molecule has 0 unspecified atom stereocenters. The van der Waals surface area contributed by atoms with E-state index in [1.807, 2.05) is 0 Å². The first kappa shape index (κ1) is 25.3. The minimum Gasteiger partial charge on any atom is -0.368 e. The summed E-state index contributed by atoms with van der Waals surface area (Å²) in [6, 6.07) is 0. The third-order valence-electron chi connectivity index (χ3n) is 11.6. The van der Waals surface area contributed by atoms with E-state index in [4.69, 9.17) is 4.74 Å². The molecular formula is C29H46F4O. The van der Waals surface area contributed by atoms with Gasteiger partial charge in [-0.2, -0.15) is 17.6 Å². The van der Waals surface area contributed by atoms with Crippen LogP contribution >= 0.6 is 0 Å². The number of rotatable bonds is 5. The Hall–Kier alpha value is -0.320. The van der Waals surface area contributed by atoms with Crippen LogP contribution in [0.15, 0.2) is 0 Å². The molecule has 0 N–H and O–H groups in total. The minimum absolute atomic E-state index is 0.0964. The summed E-state index contributed by atoms with van der Waals surface area (Å²) in [6.07, 6.45) is 13.1. The lowest BCUT2D eigenvalue weighted by Crippen LogP contribution is -2.75. The maximum atomic E-state index is 15.8. The normalized spacial score (nSPS) is 48.5. The lowest BCUT2D eigenvalue weighted by molar-refractivity contribution is -0.401. The molecule has 6 fully saturated rings. The molecule has 0 radical (unpaired) electrons. The Bertz CT molecular complexity index is 689. The first-order chi connectivity index (χ1) is 16.1. The van der Waals surface area contributed by atoms with Crippen LogP contribution in [-0.2, 0) is 4.74 Å². The van der Waals surface area contributed by atoms with Gasteiger partial charge in [0, 0.05) is 5.41 Å². The zero-order valence-electron chi connectivity index (χ0n) is 21.4. The van der Waals surface area contributed by atoms with E-state index in [1.54, 1.807) is 0 Å². The van der Waals surface area contributed by atoms with Crippen molar-refractivity contribution in [3.05, 3.63) is 0 Å². The summed E-state index contributed by atoms with van der Waals surface area (Å²) >= 11 is 0. The zero-order chi connectivity index (χ0) is 24.2. The van der Waals surface area contributed by atoms with Gasteiger partial charge in [0.25, 0.3) is 0 Å². The van der Waals surface area contributed by atoms with Crippen LogP contribution in [0.2, 0.25) is 0 Å². The molecule has 0 atom stereocenters. The smallest absolute Gasteiger partial charge is 0.338 e. The summed E-state index contributed by atoms with van der Waals surface area (Å²) in [7, 11) is 0. The Balaban J connectivity index is 1.24. The van der Waals surface area contributed by atoms with Gasteiger partial charge in [-0.05, 0) is 113 Å². The van der Waals surface area contributed by atoms with Crippen LogP contribution in [0.1, 0.15) is 117 Å². The highest BCUT2D eigenvalue weighted by Gasteiger charge is 2.83. The Kier molecular flexibility index (Phi) is 6.86. The molecule has 0 saturated heterocycles. The Morgan fingerprint density at radius 1 is 0.588 bits per heavy atom. The fraction of sp³-hybridized carbons (Fsp3) is 1.00. The molecule has 6 aliphatic carbocycles. The van der Waals surface area contributed by atoms with Gasteiger partial charge in [0.05, 0.1) is 6.61 Å². The molecule has 6 saturated carbocycles. The van der Waals surface area contributed by atoms with E-state index in [-0.39, 0.29) is 44.1 Å². The average molecular weight is 487 g/mol. The number of fused-ring (bicyclic) bond motifs is 3. The van der Waals surface area contributed by atoms with Crippen LogP contribution < -0.4 is 0 Å². The largest absolute Gasteiger partial charge is 0.368 e. The molecule has 5 heteroatoms. The van der Waals surface area contributed by atoms with Crippen molar-refractivity contribution in [2.75, 3.05) is 6.61 Å². The van der Waals surface area contributed by atoms with Crippen LogP contribution in [0.5, 0.6) is 0 Å². The minimum atomic E-state index is -4.07. The molecule has 1 nitrogen and oxygen atoms in total. The van der Waals surface area contributed by atoms with Crippen LogP contribution in [0, 0.1) is 40.9 Å². The molecule has 6 aliphatic rings. The average Bonchev–Trinajstić information content (AvgIpc) is 2.83.